The number of benzene rings is 3. The third-order valence-corrected chi connectivity index (χ3v) is 6.78. The Labute approximate surface area is 200 Å². The second-order valence-corrected chi connectivity index (χ2v) is 9.32. The van der Waals surface area contributed by atoms with E-state index in [0.717, 1.165) is 4.90 Å². The first-order valence-electron chi connectivity index (χ1n) is 10.5. The molecule has 2 amide bonds. The molecule has 3 aromatic rings. The predicted molar refractivity (Wildman–Crippen MR) is 122 cm³/mol. The van der Waals surface area contributed by atoms with Gasteiger partial charge in [-0.1, -0.05) is 12.1 Å². The summed E-state index contributed by atoms with van der Waals surface area (Å²) in [5.41, 5.74) is 0.840. The molecule has 0 bridgehead atoms. The van der Waals surface area contributed by atoms with Crippen LogP contribution in [0.2, 0.25) is 0 Å². The number of nitrogens with one attached hydrogen (secondary N) is 1. The Morgan fingerprint density at radius 1 is 0.886 bits per heavy atom. The molecule has 1 N–H and O–H groups in total. The fraction of sp³-hybridized carbons (Fsp3) is 0.125. The van der Waals surface area contributed by atoms with E-state index >= 15 is 0 Å². The standard InChI is InChI=1S/C24H18N2O8S/c27-22-18-3-1-2-4-19(18)23(28)26(22)14-34-24(29)15-5-7-16(8-6-15)25-35(30,31)17-9-10-20-21(13-17)33-12-11-32-20/h1-10,13,25H,11-12,14H2. The molecule has 0 aromatic heterocycles. The summed E-state index contributed by atoms with van der Waals surface area (Å²) in [4.78, 5) is 38.0. The van der Waals surface area contributed by atoms with Gasteiger partial charge in [-0.05, 0) is 48.5 Å². The lowest BCUT2D eigenvalue weighted by molar-refractivity contribution is 0.0228. The van der Waals surface area contributed by atoms with Gasteiger partial charge in [0.2, 0.25) is 0 Å². The number of nitrogens with zero attached hydrogens (tertiary/aromatic N) is 1. The highest BCUT2D eigenvalue weighted by Gasteiger charge is 2.35. The van der Waals surface area contributed by atoms with Crippen LogP contribution in [-0.2, 0) is 14.8 Å². The topological polar surface area (TPSA) is 128 Å². The van der Waals surface area contributed by atoms with Crippen molar-refractivity contribution in [3.8, 4) is 11.5 Å². The summed E-state index contributed by atoms with van der Waals surface area (Å²) in [6.45, 7) is 0.183. The Balaban J connectivity index is 1.22. The zero-order valence-electron chi connectivity index (χ0n) is 18.1. The highest BCUT2D eigenvalue weighted by atomic mass is 32.2. The van der Waals surface area contributed by atoms with Crippen molar-refractivity contribution >= 4 is 33.5 Å². The summed E-state index contributed by atoms with van der Waals surface area (Å²) in [6.07, 6.45) is 0. The number of carbonyl (C=O) groups excluding carboxylic acids is 3. The zero-order valence-corrected chi connectivity index (χ0v) is 18.9. The van der Waals surface area contributed by atoms with Crippen molar-refractivity contribution in [2.24, 2.45) is 0 Å². The zero-order chi connectivity index (χ0) is 24.6. The number of carbonyl (C=O) groups is 3. The molecule has 2 heterocycles. The summed E-state index contributed by atoms with van der Waals surface area (Å²) in [5, 5.41) is 0. The Bertz CT molecular complexity index is 1420. The van der Waals surface area contributed by atoms with E-state index in [2.05, 4.69) is 4.72 Å². The number of anilines is 1. The highest BCUT2D eigenvalue weighted by molar-refractivity contribution is 7.92. The molecule has 178 valence electrons. The Kier molecular flexibility index (Phi) is 5.61. The molecule has 3 aromatic carbocycles. The van der Waals surface area contributed by atoms with E-state index in [9.17, 15) is 22.8 Å². The predicted octanol–water partition coefficient (Wildman–Crippen LogP) is 2.67. The number of ether oxygens (including phenoxy) is 3. The number of fused-ring (bicyclic) bond motifs is 2. The number of amides is 2. The van der Waals surface area contributed by atoms with Crippen LogP contribution in [-0.4, -0.2) is 51.0 Å². The molecule has 35 heavy (non-hydrogen) atoms. The van der Waals surface area contributed by atoms with Crippen molar-refractivity contribution in [2.45, 2.75) is 4.90 Å². The van der Waals surface area contributed by atoms with Gasteiger partial charge in [0.1, 0.15) is 13.2 Å². The van der Waals surface area contributed by atoms with Crippen molar-refractivity contribution in [3.63, 3.8) is 0 Å². The average molecular weight is 494 g/mol. The number of rotatable bonds is 6. The molecular weight excluding hydrogens is 476 g/mol. The quantitative estimate of drug-likeness (QED) is 0.409. The molecule has 2 aliphatic rings. The van der Waals surface area contributed by atoms with E-state index in [1.54, 1.807) is 12.1 Å². The number of hydrogen-bond acceptors (Lipinski definition) is 8. The molecule has 0 atom stereocenters. The number of imide groups is 1. The van der Waals surface area contributed by atoms with Gasteiger partial charge < -0.3 is 14.2 Å². The Morgan fingerprint density at radius 2 is 1.51 bits per heavy atom. The smallest absolute Gasteiger partial charge is 0.339 e. The minimum absolute atomic E-state index is 0.00817. The second-order valence-electron chi connectivity index (χ2n) is 7.63. The van der Waals surface area contributed by atoms with Crippen molar-refractivity contribution in [2.75, 3.05) is 24.7 Å². The molecule has 0 unspecified atom stereocenters. The van der Waals surface area contributed by atoms with Gasteiger partial charge in [-0.2, -0.15) is 0 Å². The molecule has 10 nitrogen and oxygen atoms in total. The number of sulfonamides is 1. The molecule has 0 spiro atoms. The van der Waals surface area contributed by atoms with E-state index < -0.39 is 34.5 Å². The fourth-order valence-electron chi connectivity index (χ4n) is 3.64. The van der Waals surface area contributed by atoms with Gasteiger partial charge in [0.05, 0.1) is 21.6 Å². The van der Waals surface area contributed by atoms with Crippen LogP contribution in [0.4, 0.5) is 5.69 Å². The molecular formula is C24H18N2O8S. The lowest BCUT2D eigenvalue weighted by Crippen LogP contribution is -2.33. The third-order valence-electron chi connectivity index (χ3n) is 5.40. The van der Waals surface area contributed by atoms with E-state index in [-0.39, 0.29) is 27.3 Å². The van der Waals surface area contributed by atoms with Gasteiger partial charge >= 0.3 is 5.97 Å². The van der Waals surface area contributed by atoms with Crippen LogP contribution in [0.25, 0.3) is 0 Å². The molecule has 0 radical (unpaired) electrons. The molecule has 0 fully saturated rings. The van der Waals surface area contributed by atoms with Gasteiger partial charge in [0.25, 0.3) is 21.8 Å². The summed E-state index contributed by atoms with van der Waals surface area (Å²) >= 11 is 0. The first-order chi connectivity index (χ1) is 16.8. The van der Waals surface area contributed by atoms with Crippen LogP contribution in [0, 0.1) is 0 Å². The van der Waals surface area contributed by atoms with E-state index in [0.29, 0.717) is 24.7 Å². The van der Waals surface area contributed by atoms with E-state index in [1.807, 2.05) is 0 Å². The first-order valence-corrected chi connectivity index (χ1v) is 12.0. The lowest BCUT2D eigenvalue weighted by Gasteiger charge is -2.19. The molecule has 0 saturated heterocycles. The van der Waals surface area contributed by atoms with Crippen LogP contribution in [0.1, 0.15) is 31.1 Å². The van der Waals surface area contributed by atoms with Gasteiger partial charge in [-0.3, -0.25) is 14.3 Å². The fourth-order valence-corrected chi connectivity index (χ4v) is 4.72. The maximum absolute atomic E-state index is 12.7. The van der Waals surface area contributed by atoms with Gasteiger partial charge in [-0.15, -0.1) is 0 Å². The Morgan fingerprint density at radius 3 is 2.17 bits per heavy atom. The van der Waals surface area contributed by atoms with Crippen LogP contribution in [0.15, 0.2) is 71.6 Å². The number of esters is 1. The van der Waals surface area contributed by atoms with Crippen molar-refractivity contribution < 1.29 is 37.0 Å². The van der Waals surface area contributed by atoms with Gasteiger partial charge in [0.15, 0.2) is 18.2 Å². The van der Waals surface area contributed by atoms with Gasteiger partial charge in [0, 0.05) is 11.8 Å². The molecule has 5 rings (SSSR count). The van der Waals surface area contributed by atoms with Crippen molar-refractivity contribution in [3.05, 3.63) is 83.4 Å². The largest absolute Gasteiger partial charge is 0.486 e. The van der Waals surface area contributed by atoms with Crippen LogP contribution >= 0.6 is 0 Å². The van der Waals surface area contributed by atoms with Crippen LogP contribution in [0.3, 0.4) is 0 Å². The second kappa shape index (κ2) is 8.76. The maximum Gasteiger partial charge on any atom is 0.339 e. The van der Waals surface area contributed by atoms with Crippen molar-refractivity contribution in [1.29, 1.82) is 0 Å². The Hall–Kier alpha value is -4.38. The number of hydrogen-bond donors (Lipinski definition) is 1. The van der Waals surface area contributed by atoms with E-state index in [4.69, 9.17) is 14.2 Å². The highest BCUT2D eigenvalue weighted by Crippen LogP contribution is 2.32. The van der Waals surface area contributed by atoms with Crippen LogP contribution in [0.5, 0.6) is 11.5 Å². The van der Waals surface area contributed by atoms with Crippen molar-refractivity contribution in [1.82, 2.24) is 4.90 Å². The molecule has 0 saturated carbocycles. The lowest BCUT2D eigenvalue weighted by atomic mass is 10.1. The minimum Gasteiger partial charge on any atom is -0.486 e. The summed E-state index contributed by atoms with van der Waals surface area (Å²) in [6, 6.07) is 16.2. The average Bonchev–Trinajstić information content (AvgIpc) is 3.12. The summed E-state index contributed by atoms with van der Waals surface area (Å²) in [5.74, 6) is -1.04. The van der Waals surface area contributed by atoms with Crippen LogP contribution < -0.4 is 14.2 Å². The van der Waals surface area contributed by atoms with Gasteiger partial charge in [-0.25, -0.2) is 18.1 Å². The summed E-state index contributed by atoms with van der Waals surface area (Å²) in [7, 11) is -3.92. The molecule has 0 aliphatic carbocycles. The minimum atomic E-state index is -3.92. The SMILES string of the molecule is O=C(OCN1C(=O)c2ccccc2C1=O)c1ccc(NS(=O)(=O)c2ccc3c(c2)OCCO3)cc1. The van der Waals surface area contributed by atoms with E-state index in [1.165, 1.54) is 54.6 Å². The normalized spacial score (nSPS) is 14.5. The summed E-state index contributed by atoms with van der Waals surface area (Å²) < 4.78 is 43.9. The molecule has 2 aliphatic heterocycles. The third kappa shape index (κ3) is 4.28. The monoisotopic (exact) mass is 494 g/mol. The first kappa shape index (κ1) is 22.4. The maximum atomic E-state index is 12.7. The molecule has 11 heteroatoms.